The molecule has 0 radical (unpaired) electrons. The molecule has 72 heavy (non-hydrogen) atoms. The number of rotatable bonds is 9. The van der Waals surface area contributed by atoms with E-state index in [1.165, 1.54) is 18.3 Å². The zero-order valence-corrected chi connectivity index (χ0v) is 44.7. The van der Waals surface area contributed by atoms with Gasteiger partial charge < -0.3 is 5.11 Å². The van der Waals surface area contributed by atoms with E-state index in [0.717, 1.165) is 27.8 Å². The Balaban J connectivity index is 0.0000100. The van der Waals surface area contributed by atoms with Crippen LogP contribution in [0.5, 0.6) is 5.75 Å². The number of nitrogens with zero attached hydrogens (tertiary/aromatic N) is 3. The molecular formula is C67H70N3OPt-. The maximum Gasteiger partial charge on any atom is 0.148 e. The van der Waals surface area contributed by atoms with Crippen LogP contribution in [0.3, 0.4) is 0 Å². The van der Waals surface area contributed by atoms with Crippen LogP contribution in [0.1, 0.15) is 157 Å². The standard InChI is InChI=1S/C67H70N3O.Pt/c1-41(2)48-37-55(42(3)4)63(71)58(38-48)64-69-62-54(49-34-50(36-53(35-49)67(12,13)14)59-39-47(31-32-68-59)44-23-27-51(28-24-44)65(6,7)8)21-18-22-60(62)70(64)61-40-56(45-19-16-15-17-20-45)43(5)33-57(61)46-25-29-52(30-26-46)66(9,10)11;/h15-33,35-42,71H,1-14H3;/q-1;/i5D3,6D3,7D3,8D3,23D,24D,27D,28D;. The third-order valence-corrected chi connectivity index (χ3v) is 13.2. The topological polar surface area (TPSA) is 50.9 Å². The number of hydrogen-bond donors (Lipinski definition) is 1. The number of aromatic hydroxyl groups is 1. The molecule has 2 aromatic heterocycles. The first kappa shape index (κ1) is 34.9. The van der Waals surface area contributed by atoms with Crippen LogP contribution in [0.25, 0.3) is 83.9 Å². The van der Waals surface area contributed by atoms with Crippen LogP contribution in [0, 0.1) is 12.9 Å². The predicted molar refractivity (Wildman–Crippen MR) is 301 cm³/mol. The number of pyridine rings is 1. The Hall–Kier alpha value is -6.35. The summed E-state index contributed by atoms with van der Waals surface area (Å²) >= 11 is 0. The van der Waals surface area contributed by atoms with Crippen molar-refractivity contribution in [2.24, 2.45) is 0 Å². The van der Waals surface area contributed by atoms with Crippen LogP contribution in [-0.4, -0.2) is 19.6 Å². The molecule has 0 unspecified atom stereocenters. The number of aryl methyl sites for hydroxylation is 1. The minimum Gasteiger partial charge on any atom is -0.507 e. The predicted octanol–water partition coefficient (Wildman–Crippen LogP) is 18.4. The van der Waals surface area contributed by atoms with Crippen LogP contribution in [0.15, 0.2) is 152 Å². The largest absolute Gasteiger partial charge is 0.507 e. The number of imidazole rings is 1. The molecule has 5 heteroatoms. The molecule has 0 aliphatic rings. The summed E-state index contributed by atoms with van der Waals surface area (Å²) in [4.78, 5) is 10.3. The first-order chi connectivity index (χ1) is 40.2. The Kier molecular flexibility index (Phi) is 9.66. The van der Waals surface area contributed by atoms with Crippen molar-refractivity contribution >= 4 is 11.0 Å². The Morgan fingerprint density at radius 3 is 1.90 bits per heavy atom. The molecule has 0 atom stereocenters. The molecule has 0 amide bonds. The molecule has 0 aliphatic heterocycles. The molecule has 0 saturated carbocycles. The molecular weight excluding hydrogens is 1060 g/mol. The zero-order valence-electron chi connectivity index (χ0n) is 58.4. The van der Waals surface area contributed by atoms with Crippen molar-refractivity contribution in [1.82, 2.24) is 14.5 Å². The van der Waals surface area contributed by atoms with Gasteiger partial charge in [-0.3, -0.25) is 9.55 Å². The van der Waals surface area contributed by atoms with Crippen LogP contribution in [-0.2, 0) is 37.3 Å². The van der Waals surface area contributed by atoms with E-state index in [1.807, 2.05) is 130 Å². The van der Waals surface area contributed by atoms with Crippen molar-refractivity contribution in [3.63, 3.8) is 0 Å². The smallest absolute Gasteiger partial charge is 0.148 e. The zero-order chi connectivity index (χ0) is 64.2. The van der Waals surface area contributed by atoms with Crippen LogP contribution in [0.2, 0.25) is 0 Å². The number of hydrogen-bond acceptors (Lipinski definition) is 3. The van der Waals surface area contributed by atoms with Gasteiger partial charge >= 0.3 is 0 Å². The van der Waals surface area contributed by atoms with Crippen molar-refractivity contribution in [3.05, 3.63) is 191 Å². The van der Waals surface area contributed by atoms with Gasteiger partial charge in [-0.1, -0.05) is 204 Å². The number of phenols is 1. The van der Waals surface area contributed by atoms with Crippen molar-refractivity contribution in [2.45, 2.75) is 125 Å². The molecule has 2 heterocycles. The summed E-state index contributed by atoms with van der Waals surface area (Å²) in [5.41, 5.74) is 4.32. The summed E-state index contributed by atoms with van der Waals surface area (Å²) in [7, 11) is 0. The summed E-state index contributed by atoms with van der Waals surface area (Å²) in [5.74, 6) is 0.377. The average molecular weight is 1140 g/mol. The van der Waals surface area contributed by atoms with E-state index in [-0.39, 0.29) is 66.4 Å². The van der Waals surface area contributed by atoms with Gasteiger partial charge in [0.2, 0.25) is 0 Å². The van der Waals surface area contributed by atoms with Gasteiger partial charge in [-0.05, 0) is 121 Å². The monoisotopic (exact) mass is 1140 g/mol. The second kappa shape index (κ2) is 19.9. The van der Waals surface area contributed by atoms with E-state index in [4.69, 9.17) is 29.2 Å². The van der Waals surface area contributed by atoms with E-state index in [1.54, 1.807) is 6.07 Å². The van der Waals surface area contributed by atoms with Crippen molar-refractivity contribution < 1.29 is 48.1 Å². The first-order valence-electron chi connectivity index (χ1n) is 32.1. The van der Waals surface area contributed by atoms with Crippen LogP contribution in [0.4, 0.5) is 0 Å². The third kappa shape index (κ3) is 10.3. The van der Waals surface area contributed by atoms with Gasteiger partial charge in [0.25, 0.3) is 0 Å². The minimum absolute atomic E-state index is 0. The van der Waals surface area contributed by atoms with Gasteiger partial charge in [0.15, 0.2) is 0 Å². The molecule has 1 N–H and O–H groups in total. The van der Waals surface area contributed by atoms with Gasteiger partial charge in [-0.25, -0.2) is 4.98 Å². The van der Waals surface area contributed by atoms with Gasteiger partial charge in [-0.2, -0.15) is 0 Å². The molecule has 0 bridgehead atoms. The summed E-state index contributed by atoms with van der Waals surface area (Å²) in [6.45, 7) is 6.66. The molecule has 4 nitrogen and oxygen atoms in total. The molecule has 0 fully saturated rings. The SMILES string of the molecule is [2H]c1c([2H])c(C(C([2H])([2H])[2H])(C([2H])([2H])[2H])C([2H])([2H])[2H])c([2H])c([2H])c1-c1ccnc(-c2[c-]c(-c3cccc4c3nc(-c3cc(C(C)C)cc(C(C)C)c3O)n4-c3cc(-c4ccccc4)c(C([2H])([2H])[2H])cc3-c3ccc(C(C)(C)C)cc3)cc(C(C)(C)C)c2)c1.[Pt]. The quantitative estimate of drug-likeness (QED) is 0.147. The Bertz CT molecular complexity index is 4060. The summed E-state index contributed by atoms with van der Waals surface area (Å²) in [5, 5.41) is 12.6. The molecule has 0 aliphatic carbocycles. The second-order valence-corrected chi connectivity index (χ2v) is 21.2. The summed E-state index contributed by atoms with van der Waals surface area (Å²) in [6, 6.07) is 37.4. The number of phenolic OH excluding ortho intramolecular Hbond substituents is 1. The van der Waals surface area contributed by atoms with Crippen LogP contribution >= 0.6 is 0 Å². The van der Waals surface area contributed by atoms with E-state index in [9.17, 15) is 7.85 Å². The maximum absolute atomic E-state index is 12.6. The van der Waals surface area contributed by atoms with Gasteiger partial charge in [-0.15, -0.1) is 29.3 Å². The van der Waals surface area contributed by atoms with Gasteiger partial charge in [0.05, 0.1) is 27.8 Å². The third-order valence-electron chi connectivity index (χ3n) is 13.2. The molecule has 9 aromatic rings. The fourth-order valence-electron chi connectivity index (χ4n) is 9.04. The van der Waals surface area contributed by atoms with Crippen molar-refractivity contribution in [3.8, 4) is 78.6 Å². The maximum atomic E-state index is 12.6. The van der Waals surface area contributed by atoms with Crippen molar-refractivity contribution in [2.75, 3.05) is 0 Å². The normalized spacial score (nSPS) is 16.2. The molecule has 0 spiro atoms. The number of benzene rings is 7. The summed E-state index contributed by atoms with van der Waals surface area (Å²) in [6.07, 6.45) is 1.40. The number of para-hydroxylation sites is 1. The van der Waals surface area contributed by atoms with E-state index < -0.39 is 68.0 Å². The molecule has 0 saturated heterocycles. The Morgan fingerprint density at radius 1 is 0.583 bits per heavy atom. The average Bonchev–Trinajstić information content (AvgIpc) is 0.730. The fourth-order valence-corrected chi connectivity index (χ4v) is 9.04. The Morgan fingerprint density at radius 2 is 1.26 bits per heavy atom. The Labute approximate surface area is 466 Å². The molecule has 9 rings (SSSR count). The minimum atomic E-state index is -3.84. The molecule has 370 valence electrons. The first-order valence-corrected chi connectivity index (χ1v) is 24.1. The fraction of sp³-hybridized carbons (Fsp3) is 0.284. The van der Waals surface area contributed by atoms with Crippen LogP contribution < -0.4 is 0 Å². The van der Waals surface area contributed by atoms with E-state index in [2.05, 4.69) is 52.8 Å². The van der Waals surface area contributed by atoms with E-state index >= 15 is 0 Å². The van der Waals surface area contributed by atoms with E-state index in [0.29, 0.717) is 61.5 Å². The van der Waals surface area contributed by atoms with Gasteiger partial charge in [0.1, 0.15) is 11.6 Å². The second-order valence-electron chi connectivity index (χ2n) is 21.2. The molecule has 7 aromatic carbocycles. The number of aromatic nitrogens is 3. The van der Waals surface area contributed by atoms with Gasteiger partial charge in [0, 0.05) is 55.0 Å². The number of fused-ring (bicyclic) bond motifs is 1. The summed E-state index contributed by atoms with van der Waals surface area (Å²) < 4.78 is 140. The van der Waals surface area contributed by atoms with Crippen molar-refractivity contribution in [1.29, 1.82) is 0 Å².